The van der Waals surface area contributed by atoms with Crippen LogP contribution in [-0.4, -0.2) is 36.6 Å². The molecule has 0 bridgehead atoms. The fourth-order valence-electron chi connectivity index (χ4n) is 2.32. The van der Waals surface area contributed by atoms with Crippen LogP contribution in [0.4, 0.5) is 0 Å². The molecule has 0 aliphatic heterocycles. The summed E-state index contributed by atoms with van der Waals surface area (Å²) in [6, 6.07) is 1.37. The monoisotopic (exact) mass is 226 g/mol. The SMILES string of the molecule is CCNCC(C)C(C)N(CC1CC1)C(C)C. The fourth-order valence-corrected chi connectivity index (χ4v) is 2.32. The first-order valence-electron chi connectivity index (χ1n) is 7.02. The van der Waals surface area contributed by atoms with Gasteiger partial charge in [-0.15, -0.1) is 0 Å². The van der Waals surface area contributed by atoms with Crippen molar-refractivity contribution in [2.45, 2.75) is 59.5 Å². The van der Waals surface area contributed by atoms with Crippen molar-refractivity contribution >= 4 is 0 Å². The molecule has 1 fully saturated rings. The lowest BCUT2D eigenvalue weighted by Gasteiger charge is -2.36. The first kappa shape index (κ1) is 14.0. The quantitative estimate of drug-likeness (QED) is 0.684. The Morgan fingerprint density at radius 3 is 2.25 bits per heavy atom. The van der Waals surface area contributed by atoms with Crippen LogP contribution < -0.4 is 5.32 Å². The van der Waals surface area contributed by atoms with Gasteiger partial charge in [0.1, 0.15) is 0 Å². The van der Waals surface area contributed by atoms with Gasteiger partial charge in [-0.25, -0.2) is 0 Å². The summed E-state index contributed by atoms with van der Waals surface area (Å²) in [6.45, 7) is 15.2. The molecule has 1 saturated carbocycles. The average molecular weight is 226 g/mol. The maximum atomic E-state index is 3.47. The summed E-state index contributed by atoms with van der Waals surface area (Å²) in [5.74, 6) is 1.73. The molecule has 2 unspecified atom stereocenters. The number of hydrogen-bond acceptors (Lipinski definition) is 2. The predicted octanol–water partition coefficient (Wildman–Crippen LogP) is 2.74. The molecule has 0 aromatic carbocycles. The molecule has 1 rings (SSSR count). The van der Waals surface area contributed by atoms with Crippen LogP contribution in [0.5, 0.6) is 0 Å². The zero-order valence-electron chi connectivity index (χ0n) is 11.8. The minimum Gasteiger partial charge on any atom is -0.317 e. The van der Waals surface area contributed by atoms with E-state index in [2.05, 4.69) is 44.8 Å². The Hall–Kier alpha value is -0.0800. The van der Waals surface area contributed by atoms with Gasteiger partial charge in [-0.2, -0.15) is 0 Å². The van der Waals surface area contributed by atoms with Gasteiger partial charge in [-0.1, -0.05) is 13.8 Å². The molecule has 0 aromatic rings. The summed E-state index contributed by atoms with van der Waals surface area (Å²) in [4.78, 5) is 2.69. The Balaban J connectivity index is 2.40. The first-order valence-corrected chi connectivity index (χ1v) is 7.02. The minimum atomic E-state index is 0.680. The van der Waals surface area contributed by atoms with Gasteiger partial charge in [0.05, 0.1) is 0 Å². The molecule has 1 aliphatic rings. The third-order valence-electron chi connectivity index (χ3n) is 3.89. The van der Waals surface area contributed by atoms with Gasteiger partial charge in [-0.05, 0) is 58.5 Å². The normalized spacial score (nSPS) is 20.4. The molecule has 0 amide bonds. The predicted molar refractivity (Wildman–Crippen MR) is 71.7 cm³/mol. The van der Waals surface area contributed by atoms with Crippen molar-refractivity contribution < 1.29 is 0 Å². The summed E-state index contributed by atoms with van der Waals surface area (Å²) in [5.41, 5.74) is 0. The molecular weight excluding hydrogens is 196 g/mol. The summed E-state index contributed by atoms with van der Waals surface area (Å²) >= 11 is 0. The Morgan fingerprint density at radius 2 is 1.81 bits per heavy atom. The van der Waals surface area contributed by atoms with Gasteiger partial charge in [0.2, 0.25) is 0 Å². The van der Waals surface area contributed by atoms with E-state index in [1.54, 1.807) is 0 Å². The highest BCUT2D eigenvalue weighted by molar-refractivity contribution is 4.83. The second-order valence-corrected chi connectivity index (χ2v) is 5.76. The van der Waals surface area contributed by atoms with Crippen molar-refractivity contribution in [2.24, 2.45) is 11.8 Å². The molecule has 0 heterocycles. The Kier molecular flexibility index (Phi) is 5.77. The van der Waals surface area contributed by atoms with Gasteiger partial charge in [0, 0.05) is 18.6 Å². The average Bonchev–Trinajstić information content (AvgIpc) is 3.04. The van der Waals surface area contributed by atoms with Gasteiger partial charge < -0.3 is 5.32 Å². The van der Waals surface area contributed by atoms with Crippen molar-refractivity contribution in [3.05, 3.63) is 0 Å². The standard InChI is InChI=1S/C14H30N2/c1-6-15-9-12(4)13(5)16(11(2)3)10-14-7-8-14/h11-15H,6-10H2,1-5H3. The molecule has 1 aliphatic carbocycles. The zero-order chi connectivity index (χ0) is 12.1. The largest absolute Gasteiger partial charge is 0.317 e. The van der Waals surface area contributed by atoms with Crippen LogP contribution in [0.15, 0.2) is 0 Å². The van der Waals surface area contributed by atoms with E-state index in [-0.39, 0.29) is 0 Å². The van der Waals surface area contributed by atoms with E-state index in [0.29, 0.717) is 12.1 Å². The smallest absolute Gasteiger partial charge is 0.0107 e. The molecule has 0 radical (unpaired) electrons. The van der Waals surface area contributed by atoms with Crippen LogP contribution in [0.25, 0.3) is 0 Å². The lowest BCUT2D eigenvalue weighted by atomic mass is 10.00. The van der Waals surface area contributed by atoms with E-state index in [0.717, 1.165) is 24.9 Å². The molecule has 0 saturated heterocycles. The lowest BCUT2D eigenvalue weighted by Crippen LogP contribution is -2.45. The molecule has 16 heavy (non-hydrogen) atoms. The van der Waals surface area contributed by atoms with Gasteiger partial charge in [0.25, 0.3) is 0 Å². The molecule has 0 aromatic heterocycles. The summed E-state index contributed by atoms with van der Waals surface area (Å²) in [7, 11) is 0. The first-order chi connectivity index (χ1) is 7.56. The second kappa shape index (κ2) is 6.61. The fraction of sp³-hybridized carbons (Fsp3) is 1.00. The molecule has 0 spiro atoms. The third-order valence-corrected chi connectivity index (χ3v) is 3.89. The summed E-state index contributed by atoms with van der Waals surface area (Å²) < 4.78 is 0. The Labute approximate surface area is 102 Å². The van der Waals surface area contributed by atoms with E-state index in [1.165, 1.54) is 19.4 Å². The number of rotatable bonds is 8. The molecule has 2 atom stereocenters. The number of hydrogen-bond donors (Lipinski definition) is 1. The Morgan fingerprint density at radius 1 is 1.19 bits per heavy atom. The molecule has 96 valence electrons. The third kappa shape index (κ3) is 4.42. The molecule has 2 nitrogen and oxygen atoms in total. The molecule has 2 heteroatoms. The van der Waals surface area contributed by atoms with E-state index in [4.69, 9.17) is 0 Å². The van der Waals surface area contributed by atoms with E-state index < -0.39 is 0 Å². The van der Waals surface area contributed by atoms with E-state index in [9.17, 15) is 0 Å². The van der Waals surface area contributed by atoms with Crippen molar-refractivity contribution in [3.8, 4) is 0 Å². The topological polar surface area (TPSA) is 15.3 Å². The van der Waals surface area contributed by atoms with Crippen molar-refractivity contribution in [3.63, 3.8) is 0 Å². The highest BCUT2D eigenvalue weighted by Gasteiger charge is 2.29. The Bertz CT molecular complexity index is 187. The lowest BCUT2D eigenvalue weighted by molar-refractivity contribution is 0.117. The number of nitrogens with one attached hydrogen (secondary N) is 1. The highest BCUT2D eigenvalue weighted by Crippen LogP contribution is 2.31. The van der Waals surface area contributed by atoms with E-state index in [1.807, 2.05) is 0 Å². The van der Waals surface area contributed by atoms with Crippen molar-refractivity contribution in [2.75, 3.05) is 19.6 Å². The van der Waals surface area contributed by atoms with Crippen LogP contribution in [0.1, 0.15) is 47.5 Å². The maximum absolute atomic E-state index is 3.47. The van der Waals surface area contributed by atoms with Gasteiger partial charge >= 0.3 is 0 Å². The maximum Gasteiger partial charge on any atom is 0.0107 e. The van der Waals surface area contributed by atoms with Crippen LogP contribution in [0.2, 0.25) is 0 Å². The molecule has 1 N–H and O–H groups in total. The van der Waals surface area contributed by atoms with Gasteiger partial charge in [-0.3, -0.25) is 4.90 Å². The van der Waals surface area contributed by atoms with Crippen molar-refractivity contribution in [1.29, 1.82) is 0 Å². The minimum absolute atomic E-state index is 0.680. The van der Waals surface area contributed by atoms with Crippen LogP contribution in [0.3, 0.4) is 0 Å². The van der Waals surface area contributed by atoms with E-state index >= 15 is 0 Å². The van der Waals surface area contributed by atoms with Crippen molar-refractivity contribution in [1.82, 2.24) is 10.2 Å². The van der Waals surface area contributed by atoms with Crippen LogP contribution in [0, 0.1) is 11.8 Å². The van der Waals surface area contributed by atoms with Gasteiger partial charge in [0.15, 0.2) is 0 Å². The molecular formula is C14H30N2. The highest BCUT2D eigenvalue weighted by atomic mass is 15.2. The number of nitrogens with zero attached hydrogens (tertiary/aromatic N) is 1. The van der Waals surface area contributed by atoms with Crippen LogP contribution >= 0.6 is 0 Å². The summed E-state index contributed by atoms with van der Waals surface area (Å²) in [6.07, 6.45) is 2.91. The summed E-state index contributed by atoms with van der Waals surface area (Å²) in [5, 5.41) is 3.47. The van der Waals surface area contributed by atoms with Crippen LogP contribution in [-0.2, 0) is 0 Å². The zero-order valence-corrected chi connectivity index (χ0v) is 11.8. The second-order valence-electron chi connectivity index (χ2n) is 5.76.